The molecule has 1 rings (SSSR count). The SMILES string of the molecule is CCCCSCC(COC(=O)CSc1nc(C)cc(C)n1)SCCCC. The molecule has 0 saturated heterocycles. The number of hydrogen-bond acceptors (Lipinski definition) is 7. The lowest BCUT2D eigenvalue weighted by molar-refractivity contribution is -0.140. The maximum atomic E-state index is 12.1. The number of carbonyl (C=O) groups excluding carboxylic acids is 1. The van der Waals surface area contributed by atoms with Crippen LogP contribution in [-0.4, -0.2) is 50.8 Å². The van der Waals surface area contributed by atoms with Gasteiger partial charge in [0, 0.05) is 22.4 Å². The number of ether oxygens (including phenoxy) is 1. The van der Waals surface area contributed by atoms with E-state index in [-0.39, 0.29) is 11.7 Å². The summed E-state index contributed by atoms with van der Waals surface area (Å²) in [5, 5.41) is 1.03. The minimum Gasteiger partial charge on any atom is -0.464 e. The highest BCUT2D eigenvalue weighted by Crippen LogP contribution is 2.20. The highest BCUT2D eigenvalue weighted by atomic mass is 32.2. The summed E-state index contributed by atoms with van der Waals surface area (Å²) >= 11 is 5.25. The smallest absolute Gasteiger partial charge is 0.316 e. The molecule has 1 aromatic heterocycles. The Hall–Kier alpha value is -0.400. The summed E-state index contributed by atoms with van der Waals surface area (Å²) in [5.74, 6) is 3.46. The number of hydrogen-bond donors (Lipinski definition) is 0. The van der Waals surface area contributed by atoms with Crippen molar-refractivity contribution in [3.8, 4) is 0 Å². The van der Waals surface area contributed by atoms with Gasteiger partial charge in [0.05, 0.1) is 5.75 Å². The molecule has 0 aliphatic carbocycles. The zero-order valence-electron chi connectivity index (χ0n) is 16.5. The van der Waals surface area contributed by atoms with Crippen LogP contribution in [0.2, 0.25) is 0 Å². The number of thioether (sulfide) groups is 3. The van der Waals surface area contributed by atoms with Crippen LogP contribution in [0.4, 0.5) is 0 Å². The predicted octanol–water partition coefficient (Wildman–Crippen LogP) is 5.16. The summed E-state index contributed by atoms with van der Waals surface area (Å²) < 4.78 is 5.52. The highest BCUT2D eigenvalue weighted by Gasteiger charge is 2.14. The fourth-order valence-corrected chi connectivity index (χ4v) is 5.50. The van der Waals surface area contributed by atoms with E-state index in [1.807, 2.05) is 43.4 Å². The van der Waals surface area contributed by atoms with Crippen molar-refractivity contribution < 1.29 is 9.53 Å². The maximum Gasteiger partial charge on any atom is 0.316 e. The third kappa shape index (κ3) is 11.3. The molecule has 0 aliphatic rings. The molecule has 0 saturated carbocycles. The molecule has 1 heterocycles. The van der Waals surface area contributed by atoms with E-state index in [9.17, 15) is 4.79 Å². The molecule has 0 spiro atoms. The standard InChI is InChI=1S/C19H32N2O2S3/c1-5-7-9-24-13-17(25-10-8-6-2)12-23-18(22)14-26-19-20-15(3)11-16(4)21-19/h11,17H,5-10,12-14H2,1-4H3. The number of rotatable bonds is 14. The molecule has 0 fully saturated rings. The summed E-state index contributed by atoms with van der Waals surface area (Å²) in [5.41, 5.74) is 1.84. The highest BCUT2D eigenvalue weighted by molar-refractivity contribution is 8.03. The van der Waals surface area contributed by atoms with Gasteiger partial charge in [0.2, 0.25) is 0 Å². The molecule has 0 radical (unpaired) electrons. The molecule has 0 amide bonds. The Bertz CT molecular complexity index is 509. The van der Waals surface area contributed by atoms with E-state index >= 15 is 0 Å². The number of aryl methyl sites for hydroxylation is 2. The van der Waals surface area contributed by atoms with Crippen molar-refractivity contribution in [3.05, 3.63) is 17.5 Å². The first-order valence-electron chi connectivity index (χ1n) is 9.35. The molecular formula is C19H32N2O2S3. The van der Waals surface area contributed by atoms with Gasteiger partial charge < -0.3 is 4.74 Å². The normalized spacial score (nSPS) is 12.2. The van der Waals surface area contributed by atoms with Crippen LogP contribution in [0.3, 0.4) is 0 Å². The van der Waals surface area contributed by atoms with Gasteiger partial charge in [-0.25, -0.2) is 9.97 Å². The third-order valence-corrected chi connectivity index (χ3v) is 7.05. The van der Waals surface area contributed by atoms with Gasteiger partial charge in [0.15, 0.2) is 5.16 Å². The third-order valence-electron chi connectivity index (χ3n) is 3.51. The first-order chi connectivity index (χ1) is 12.5. The largest absolute Gasteiger partial charge is 0.464 e. The van der Waals surface area contributed by atoms with Crippen molar-refractivity contribution in [1.82, 2.24) is 9.97 Å². The van der Waals surface area contributed by atoms with Gasteiger partial charge >= 0.3 is 5.97 Å². The van der Waals surface area contributed by atoms with Crippen LogP contribution in [-0.2, 0) is 9.53 Å². The zero-order chi connectivity index (χ0) is 19.2. The fourth-order valence-electron chi connectivity index (χ4n) is 2.11. The topological polar surface area (TPSA) is 52.1 Å². The van der Waals surface area contributed by atoms with Crippen LogP contribution in [0.25, 0.3) is 0 Å². The average Bonchev–Trinajstić information content (AvgIpc) is 2.60. The second-order valence-electron chi connectivity index (χ2n) is 6.18. The van der Waals surface area contributed by atoms with Gasteiger partial charge in [0.25, 0.3) is 0 Å². The minimum atomic E-state index is -0.183. The summed E-state index contributed by atoms with van der Waals surface area (Å²) in [4.78, 5) is 20.8. The zero-order valence-corrected chi connectivity index (χ0v) is 18.9. The predicted molar refractivity (Wildman–Crippen MR) is 117 cm³/mol. The molecule has 1 atom stereocenters. The second kappa shape index (κ2) is 14.6. The van der Waals surface area contributed by atoms with E-state index in [2.05, 4.69) is 23.8 Å². The van der Waals surface area contributed by atoms with E-state index in [1.54, 1.807) is 0 Å². The molecular weight excluding hydrogens is 384 g/mol. The van der Waals surface area contributed by atoms with Crippen molar-refractivity contribution in [3.63, 3.8) is 0 Å². The molecule has 0 aliphatic heterocycles. The number of carbonyl (C=O) groups is 1. The monoisotopic (exact) mass is 416 g/mol. The van der Waals surface area contributed by atoms with Gasteiger partial charge in [-0.05, 0) is 44.3 Å². The molecule has 0 aromatic carbocycles. The molecule has 148 valence electrons. The first-order valence-corrected chi connectivity index (χ1v) is 12.5. The molecule has 1 unspecified atom stereocenters. The van der Waals surface area contributed by atoms with E-state index in [0.717, 1.165) is 22.9 Å². The Balaban J connectivity index is 2.35. The molecule has 26 heavy (non-hydrogen) atoms. The van der Waals surface area contributed by atoms with Crippen molar-refractivity contribution in [1.29, 1.82) is 0 Å². The second-order valence-corrected chi connectivity index (χ2v) is 9.68. The maximum absolute atomic E-state index is 12.1. The number of aromatic nitrogens is 2. The molecule has 4 nitrogen and oxygen atoms in total. The van der Waals surface area contributed by atoms with Crippen LogP contribution >= 0.6 is 35.3 Å². The molecule has 0 N–H and O–H groups in total. The van der Waals surface area contributed by atoms with Crippen molar-refractivity contribution in [2.45, 2.75) is 63.8 Å². The van der Waals surface area contributed by atoms with Gasteiger partial charge in [0.1, 0.15) is 6.61 Å². The lowest BCUT2D eigenvalue weighted by Gasteiger charge is -2.16. The quantitative estimate of drug-likeness (QED) is 0.180. The average molecular weight is 417 g/mol. The number of esters is 1. The number of unbranched alkanes of at least 4 members (excludes halogenated alkanes) is 2. The van der Waals surface area contributed by atoms with E-state index in [1.165, 1.54) is 43.2 Å². The van der Waals surface area contributed by atoms with Gasteiger partial charge in [-0.1, -0.05) is 38.5 Å². The Morgan fingerprint density at radius 3 is 2.42 bits per heavy atom. The van der Waals surface area contributed by atoms with E-state index in [4.69, 9.17) is 4.74 Å². The minimum absolute atomic E-state index is 0.183. The summed E-state index contributed by atoms with van der Waals surface area (Å²) in [7, 11) is 0. The van der Waals surface area contributed by atoms with Crippen LogP contribution in [0.5, 0.6) is 0 Å². The Kier molecular flexibility index (Phi) is 13.3. The molecule has 7 heteroatoms. The summed E-state index contributed by atoms with van der Waals surface area (Å²) in [6, 6.07) is 1.93. The van der Waals surface area contributed by atoms with Gasteiger partial charge in [-0.3, -0.25) is 4.79 Å². The van der Waals surface area contributed by atoms with E-state index in [0.29, 0.717) is 17.0 Å². The Morgan fingerprint density at radius 1 is 1.12 bits per heavy atom. The van der Waals surface area contributed by atoms with Crippen molar-refractivity contribution in [2.75, 3.05) is 29.6 Å². The van der Waals surface area contributed by atoms with Gasteiger partial charge in [-0.2, -0.15) is 23.5 Å². The van der Waals surface area contributed by atoms with E-state index < -0.39 is 0 Å². The Morgan fingerprint density at radius 2 is 1.77 bits per heavy atom. The van der Waals surface area contributed by atoms with Crippen LogP contribution in [0.15, 0.2) is 11.2 Å². The molecule has 1 aromatic rings. The van der Waals surface area contributed by atoms with Crippen LogP contribution in [0.1, 0.15) is 50.9 Å². The Labute approximate surface area is 171 Å². The first kappa shape index (κ1) is 23.6. The number of nitrogens with zero attached hydrogens (tertiary/aromatic N) is 2. The van der Waals surface area contributed by atoms with Crippen molar-refractivity contribution in [2.24, 2.45) is 0 Å². The molecule has 0 bridgehead atoms. The van der Waals surface area contributed by atoms with Crippen molar-refractivity contribution >= 4 is 41.3 Å². The summed E-state index contributed by atoms with van der Waals surface area (Å²) in [6.07, 6.45) is 4.90. The van der Waals surface area contributed by atoms with Crippen LogP contribution < -0.4 is 0 Å². The fraction of sp³-hybridized carbons (Fsp3) is 0.737. The lowest BCUT2D eigenvalue weighted by atomic mass is 10.4. The van der Waals surface area contributed by atoms with Crippen LogP contribution in [0, 0.1) is 13.8 Å². The van der Waals surface area contributed by atoms with Gasteiger partial charge in [-0.15, -0.1) is 0 Å². The summed E-state index contributed by atoms with van der Waals surface area (Å²) in [6.45, 7) is 8.79. The lowest BCUT2D eigenvalue weighted by Crippen LogP contribution is -2.20.